The van der Waals surface area contributed by atoms with Crippen LogP contribution in [0.4, 0.5) is 0 Å². The lowest BCUT2D eigenvalue weighted by Gasteiger charge is -2.34. The van der Waals surface area contributed by atoms with Crippen LogP contribution in [0.2, 0.25) is 0 Å². The van der Waals surface area contributed by atoms with Crippen molar-refractivity contribution in [1.29, 1.82) is 0 Å². The number of hydrogen-bond acceptors (Lipinski definition) is 2. The van der Waals surface area contributed by atoms with Crippen molar-refractivity contribution in [2.45, 2.75) is 58.0 Å². The molecule has 0 saturated heterocycles. The Morgan fingerprint density at radius 3 is 2.72 bits per heavy atom. The van der Waals surface area contributed by atoms with E-state index in [9.17, 15) is 0 Å². The maximum absolute atomic E-state index is 5.54. The first-order chi connectivity index (χ1) is 8.72. The molecule has 100 valence electrons. The Balaban J connectivity index is 1.90. The second kappa shape index (κ2) is 6.24. The first-order valence-electron chi connectivity index (χ1n) is 7.19. The normalized spacial score (nSPS) is 18.6. The van der Waals surface area contributed by atoms with Gasteiger partial charge in [-0.1, -0.05) is 31.4 Å². The largest absolute Gasteiger partial charge is 0.494 e. The fourth-order valence-electron chi connectivity index (χ4n) is 2.74. The van der Waals surface area contributed by atoms with Crippen molar-refractivity contribution in [1.82, 2.24) is 5.32 Å². The van der Waals surface area contributed by atoms with E-state index in [0.717, 1.165) is 18.9 Å². The standard InChI is InChI=1S/C16H25NO/c1-3-18-15-9-7-8-14(12-15)13-17-16(2)10-5-4-6-11-16/h7-9,12,17H,3-6,10-11,13H2,1-2H3. The van der Waals surface area contributed by atoms with Crippen LogP contribution < -0.4 is 10.1 Å². The minimum absolute atomic E-state index is 0.333. The molecule has 0 spiro atoms. The van der Waals surface area contributed by atoms with Gasteiger partial charge in [0.25, 0.3) is 0 Å². The monoisotopic (exact) mass is 247 g/mol. The Bertz CT molecular complexity index is 369. The molecule has 0 unspecified atom stereocenters. The second-order valence-corrected chi connectivity index (χ2v) is 5.56. The minimum Gasteiger partial charge on any atom is -0.494 e. The number of nitrogens with one attached hydrogen (secondary N) is 1. The van der Waals surface area contributed by atoms with Crippen LogP contribution in [0.3, 0.4) is 0 Å². The third-order valence-corrected chi connectivity index (χ3v) is 3.89. The summed E-state index contributed by atoms with van der Waals surface area (Å²) in [4.78, 5) is 0. The Labute approximate surface area is 111 Å². The first-order valence-corrected chi connectivity index (χ1v) is 7.19. The zero-order chi connectivity index (χ0) is 12.8. The molecular weight excluding hydrogens is 222 g/mol. The quantitative estimate of drug-likeness (QED) is 0.852. The predicted octanol–water partition coefficient (Wildman–Crippen LogP) is 3.90. The van der Waals surface area contributed by atoms with E-state index in [2.05, 4.69) is 30.4 Å². The van der Waals surface area contributed by atoms with Crippen LogP contribution in [0.15, 0.2) is 24.3 Å². The molecule has 0 atom stereocenters. The summed E-state index contributed by atoms with van der Waals surface area (Å²) in [5, 5.41) is 3.73. The van der Waals surface area contributed by atoms with Crippen molar-refractivity contribution >= 4 is 0 Å². The highest BCUT2D eigenvalue weighted by Gasteiger charge is 2.25. The fraction of sp³-hybridized carbons (Fsp3) is 0.625. The van der Waals surface area contributed by atoms with E-state index in [-0.39, 0.29) is 0 Å². The van der Waals surface area contributed by atoms with Gasteiger partial charge in [-0.25, -0.2) is 0 Å². The number of hydrogen-bond donors (Lipinski definition) is 1. The predicted molar refractivity (Wildman–Crippen MR) is 75.9 cm³/mol. The van der Waals surface area contributed by atoms with E-state index in [1.54, 1.807) is 0 Å². The molecule has 0 heterocycles. The summed E-state index contributed by atoms with van der Waals surface area (Å²) in [5.41, 5.74) is 1.65. The Morgan fingerprint density at radius 2 is 2.00 bits per heavy atom. The summed E-state index contributed by atoms with van der Waals surface area (Å²) in [6.07, 6.45) is 6.73. The van der Waals surface area contributed by atoms with Gasteiger partial charge < -0.3 is 10.1 Å². The molecule has 0 aromatic heterocycles. The lowest BCUT2D eigenvalue weighted by molar-refractivity contribution is 0.252. The van der Waals surface area contributed by atoms with Crippen molar-refractivity contribution in [2.75, 3.05) is 6.61 Å². The molecule has 1 aromatic carbocycles. The van der Waals surface area contributed by atoms with E-state index in [0.29, 0.717) is 5.54 Å². The zero-order valence-electron chi connectivity index (χ0n) is 11.7. The van der Waals surface area contributed by atoms with Crippen LogP contribution >= 0.6 is 0 Å². The van der Waals surface area contributed by atoms with Crippen LogP contribution in [0, 0.1) is 0 Å². The van der Waals surface area contributed by atoms with Crippen LogP contribution in [-0.2, 0) is 6.54 Å². The zero-order valence-corrected chi connectivity index (χ0v) is 11.7. The van der Waals surface area contributed by atoms with Crippen LogP contribution in [-0.4, -0.2) is 12.1 Å². The van der Waals surface area contributed by atoms with Crippen LogP contribution in [0.25, 0.3) is 0 Å². The van der Waals surface area contributed by atoms with E-state index in [1.807, 2.05) is 13.0 Å². The van der Waals surface area contributed by atoms with Crippen molar-refractivity contribution in [3.63, 3.8) is 0 Å². The van der Waals surface area contributed by atoms with Crippen molar-refractivity contribution in [3.8, 4) is 5.75 Å². The maximum Gasteiger partial charge on any atom is 0.119 e. The average molecular weight is 247 g/mol. The van der Waals surface area contributed by atoms with Gasteiger partial charge in [0.15, 0.2) is 0 Å². The summed E-state index contributed by atoms with van der Waals surface area (Å²) in [6, 6.07) is 8.41. The number of benzene rings is 1. The smallest absolute Gasteiger partial charge is 0.119 e. The molecule has 0 radical (unpaired) electrons. The first kappa shape index (κ1) is 13.4. The van der Waals surface area contributed by atoms with Gasteiger partial charge in [0.05, 0.1) is 6.61 Å². The molecule has 1 aromatic rings. The van der Waals surface area contributed by atoms with Gasteiger partial charge in [0, 0.05) is 12.1 Å². The highest BCUT2D eigenvalue weighted by Crippen LogP contribution is 2.28. The van der Waals surface area contributed by atoms with Gasteiger partial charge in [0.1, 0.15) is 5.75 Å². The molecule has 1 fully saturated rings. The molecule has 0 aliphatic heterocycles. The lowest BCUT2D eigenvalue weighted by atomic mass is 9.83. The van der Waals surface area contributed by atoms with Gasteiger partial charge in [-0.2, -0.15) is 0 Å². The third kappa shape index (κ3) is 3.74. The number of rotatable bonds is 5. The fourth-order valence-corrected chi connectivity index (χ4v) is 2.74. The van der Waals surface area contributed by atoms with Gasteiger partial charge in [0.2, 0.25) is 0 Å². The van der Waals surface area contributed by atoms with E-state index < -0.39 is 0 Å². The molecule has 2 rings (SSSR count). The molecule has 1 aliphatic rings. The van der Waals surface area contributed by atoms with Crippen molar-refractivity contribution in [3.05, 3.63) is 29.8 Å². The number of ether oxygens (including phenoxy) is 1. The highest BCUT2D eigenvalue weighted by atomic mass is 16.5. The van der Waals surface area contributed by atoms with Gasteiger partial charge in [-0.3, -0.25) is 0 Å². The molecule has 2 heteroatoms. The van der Waals surface area contributed by atoms with E-state index >= 15 is 0 Å². The molecule has 0 bridgehead atoms. The second-order valence-electron chi connectivity index (χ2n) is 5.56. The van der Waals surface area contributed by atoms with Crippen molar-refractivity contribution in [2.24, 2.45) is 0 Å². The minimum atomic E-state index is 0.333. The van der Waals surface area contributed by atoms with Gasteiger partial charge >= 0.3 is 0 Å². The van der Waals surface area contributed by atoms with Crippen LogP contribution in [0.5, 0.6) is 5.75 Å². The van der Waals surface area contributed by atoms with E-state index in [1.165, 1.54) is 37.7 Å². The molecule has 0 amide bonds. The molecule has 1 saturated carbocycles. The summed E-state index contributed by atoms with van der Waals surface area (Å²) >= 11 is 0. The Kier molecular flexibility index (Phi) is 4.65. The summed E-state index contributed by atoms with van der Waals surface area (Å²) in [7, 11) is 0. The molecule has 1 N–H and O–H groups in total. The summed E-state index contributed by atoms with van der Waals surface area (Å²) in [6.45, 7) is 6.05. The van der Waals surface area contributed by atoms with Crippen molar-refractivity contribution < 1.29 is 4.74 Å². The summed E-state index contributed by atoms with van der Waals surface area (Å²) in [5.74, 6) is 0.977. The lowest BCUT2D eigenvalue weighted by Crippen LogP contribution is -2.43. The highest BCUT2D eigenvalue weighted by molar-refractivity contribution is 5.28. The molecule has 18 heavy (non-hydrogen) atoms. The molecular formula is C16H25NO. The van der Waals surface area contributed by atoms with E-state index in [4.69, 9.17) is 4.74 Å². The maximum atomic E-state index is 5.54. The third-order valence-electron chi connectivity index (χ3n) is 3.89. The molecule has 1 aliphatic carbocycles. The van der Waals surface area contributed by atoms with Gasteiger partial charge in [-0.15, -0.1) is 0 Å². The topological polar surface area (TPSA) is 21.3 Å². The Hall–Kier alpha value is -1.02. The average Bonchev–Trinajstić information content (AvgIpc) is 2.38. The Morgan fingerprint density at radius 1 is 1.22 bits per heavy atom. The van der Waals surface area contributed by atoms with Gasteiger partial charge in [-0.05, 0) is 44.4 Å². The SMILES string of the molecule is CCOc1cccc(CNC2(C)CCCCC2)c1. The van der Waals surface area contributed by atoms with Crippen LogP contribution in [0.1, 0.15) is 51.5 Å². The summed E-state index contributed by atoms with van der Waals surface area (Å²) < 4.78 is 5.54. The molecule has 2 nitrogen and oxygen atoms in total.